The van der Waals surface area contributed by atoms with Gasteiger partial charge in [-0.25, -0.2) is 8.42 Å². The number of nitrogens with zero attached hydrogens (tertiary/aromatic N) is 1. The van der Waals surface area contributed by atoms with Crippen molar-refractivity contribution in [2.24, 2.45) is 0 Å². The Kier molecular flexibility index (Phi) is 4.29. The van der Waals surface area contributed by atoms with Crippen LogP contribution in [0.25, 0.3) is 0 Å². The van der Waals surface area contributed by atoms with E-state index in [9.17, 15) is 8.42 Å². The summed E-state index contributed by atoms with van der Waals surface area (Å²) in [5.41, 5.74) is 0. The topological polar surface area (TPSA) is 46.6 Å². The van der Waals surface area contributed by atoms with E-state index in [4.69, 9.17) is 16.3 Å². The molecule has 2 fully saturated rings. The maximum absolute atomic E-state index is 12.8. The van der Waals surface area contributed by atoms with Crippen LogP contribution in [0.5, 0.6) is 0 Å². The standard InChI is InChI=1S/C13H16ClNO3S2/c14-10-2-1-3-11(8-10)20(16,17)15-5-7-19-13-9-18-6-4-12(13)15/h1-3,8,12-13H,4-7,9H2/t12-,13+/m0/s1. The van der Waals surface area contributed by atoms with Gasteiger partial charge in [-0.3, -0.25) is 0 Å². The van der Waals surface area contributed by atoms with E-state index in [1.165, 1.54) is 6.07 Å². The number of hydrogen-bond donors (Lipinski definition) is 0. The zero-order valence-electron chi connectivity index (χ0n) is 10.9. The van der Waals surface area contributed by atoms with Gasteiger partial charge in [-0.15, -0.1) is 0 Å². The third kappa shape index (κ3) is 2.72. The molecule has 0 N–H and O–H groups in total. The summed E-state index contributed by atoms with van der Waals surface area (Å²) in [5.74, 6) is 0.810. The van der Waals surface area contributed by atoms with Gasteiger partial charge in [-0.1, -0.05) is 17.7 Å². The third-order valence-corrected chi connectivity index (χ3v) is 7.14. The molecule has 2 aliphatic rings. The molecule has 20 heavy (non-hydrogen) atoms. The Bertz CT molecular complexity index is 591. The molecule has 0 aliphatic carbocycles. The molecule has 2 saturated heterocycles. The third-order valence-electron chi connectivity index (χ3n) is 3.69. The molecule has 3 rings (SSSR count). The first-order valence-corrected chi connectivity index (χ1v) is 9.42. The molecule has 110 valence electrons. The number of hydrogen-bond acceptors (Lipinski definition) is 4. The van der Waals surface area contributed by atoms with E-state index in [0.29, 0.717) is 24.8 Å². The average Bonchev–Trinajstić information content (AvgIpc) is 2.46. The SMILES string of the molecule is O=S(=O)(c1cccc(Cl)c1)N1CCS[C@@H]2COCC[C@@H]21. The summed E-state index contributed by atoms with van der Waals surface area (Å²) in [6.45, 7) is 1.82. The van der Waals surface area contributed by atoms with E-state index < -0.39 is 10.0 Å². The van der Waals surface area contributed by atoms with Gasteiger partial charge in [0.05, 0.1) is 11.5 Å². The number of sulfonamides is 1. The minimum absolute atomic E-state index is 0.0338. The molecule has 7 heteroatoms. The number of halogens is 1. The average molecular weight is 334 g/mol. The van der Waals surface area contributed by atoms with Crippen molar-refractivity contribution >= 4 is 33.4 Å². The number of benzene rings is 1. The van der Waals surface area contributed by atoms with Gasteiger partial charge in [-0.2, -0.15) is 16.1 Å². The monoisotopic (exact) mass is 333 g/mol. The van der Waals surface area contributed by atoms with Crippen molar-refractivity contribution in [1.82, 2.24) is 4.31 Å². The number of rotatable bonds is 2. The van der Waals surface area contributed by atoms with Crippen LogP contribution in [-0.4, -0.2) is 49.5 Å². The molecule has 2 aliphatic heterocycles. The summed E-state index contributed by atoms with van der Waals surface area (Å²) in [6, 6.07) is 6.52. The first-order chi connectivity index (χ1) is 9.59. The summed E-state index contributed by atoms with van der Waals surface area (Å²) < 4.78 is 32.7. The molecule has 2 heterocycles. The smallest absolute Gasteiger partial charge is 0.243 e. The van der Waals surface area contributed by atoms with Crippen LogP contribution in [0.2, 0.25) is 5.02 Å². The molecule has 2 atom stereocenters. The first-order valence-electron chi connectivity index (χ1n) is 6.56. The zero-order chi connectivity index (χ0) is 14.2. The second-order valence-electron chi connectivity index (χ2n) is 4.91. The van der Waals surface area contributed by atoms with Gasteiger partial charge in [0, 0.05) is 35.2 Å². The summed E-state index contributed by atoms with van der Waals surface area (Å²) in [5, 5.41) is 0.687. The Hall–Kier alpha value is -0.270. The van der Waals surface area contributed by atoms with E-state index in [1.54, 1.807) is 22.5 Å². The fraction of sp³-hybridized carbons (Fsp3) is 0.538. The zero-order valence-corrected chi connectivity index (χ0v) is 13.3. The molecule has 4 nitrogen and oxygen atoms in total. The highest BCUT2D eigenvalue weighted by atomic mass is 35.5. The van der Waals surface area contributed by atoms with E-state index in [2.05, 4.69) is 0 Å². The number of ether oxygens (including phenoxy) is 1. The van der Waals surface area contributed by atoms with E-state index in [0.717, 1.165) is 12.2 Å². The summed E-state index contributed by atoms with van der Waals surface area (Å²) in [6.07, 6.45) is 0.761. The van der Waals surface area contributed by atoms with Crippen LogP contribution in [0.1, 0.15) is 6.42 Å². The lowest BCUT2D eigenvalue weighted by Crippen LogP contribution is -2.54. The lowest BCUT2D eigenvalue weighted by Gasteiger charge is -2.42. The molecule has 0 aromatic heterocycles. The Labute approximate surface area is 128 Å². The molecular formula is C13H16ClNO3S2. The summed E-state index contributed by atoms with van der Waals surface area (Å²) >= 11 is 7.73. The lowest BCUT2D eigenvalue weighted by atomic mass is 10.1. The number of fused-ring (bicyclic) bond motifs is 1. The van der Waals surface area contributed by atoms with Crippen molar-refractivity contribution in [3.8, 4) is 0 Å². The minimum Gasteiger partial charge on any atom is -0.380 e. The fourth-order valence-electron chi connectivity index (χ4n) is 2.71. The molecule has 0 amide bonds. The van der Waals surface area contributed by atoms with Crippen LogP contribution in [0.15, 0.2) is 29.2 Å². The Morgan fingerprint density at radius 2 is 2.25 bits per heavy atom. The summed E-state index contributed by atoms with van der Waals surface area (Å²) in [7, 11) is -3.47. The van der Waals surface area contributed by atoms with E-state index in [-0.39, 0.29) is 16.2 Å². The van der Waals surface area contributed by atoms with Gasteiger partial charge in [-0.05, 0) is 24.6 Å². The molecule has 0 bridgehead atoms. The van der Waals surface area contributed by atoms with Crippen molar-refractivity contribution in [3.05, 3.63) is 29.3 Å². The normalized spacial score (nSPS) is 28.1. The molecule has 0 radical (unpaired) electrons. The molecule has 0 saturated carbocycles. The van der Waals surface area contributed by atoms with Gasteiger partial charge < -0.3 is 4.74 Å². The van der Waals surface area contributed by atoms with Crippen molar-refractivity contribution in [1.29, 1.82) is 0 Å². The van der Waals surface area contributed by atoms with Crippen molar-refractivity contribution in [3.63, 3.8) is 0 Å². The van der Waals surface area contributed by atoms with E-state index in [1.807, 2.05) is 11.8 Å². The Balaban J connectivity index is 1.93. The van der Waals surface area contributed by atoms with Crippen molar-refractivity contribution < 1.29 is 13.2 Å². The fourth-order valence-corrected chi connectivity index (χ4v) is 6.20. The van der Waals surface area contributed by atoms with Crippen LogP contribution in [0.4, 0.5) is 0 Å². The molecular weight excluding hydrogens is 318 g/mol. The van der Waals surface area contributed by atoms with Gasteiger partial charge in [0.2, 0.25) is 10.0 Å². The van der Waals surface area contributed by atoms with Gasteiger partial charge >= 0.3 is 0 Å². The highest BCUT2D eigenvalue weighted by molar-refractivity contribution is 8.00. The Morgan fingerprint density at radius 1 is 1.40 bits per heavy atom. The highest BCUT2D eigenvalue weighted by Crippen LogP contribution is 2.34. The molecule has 0 unspecified atom stereocenters. The van der Waals surface area contributed by atoms with Gasteiger partial charge in [0.15, 0.2) is 0 Å². The van der Waals surface area contributed by atoms with Gasteiger partial charge in [0.1, 0.15) is 0 Å². The quantitative estimate of drug-likeness (QED) is 0.832. The number of thioether (sulfide) groups is 1. The summed E-state index contributed by atoms with van der Waals surface area (Å²) in [4.78, 5) is 0.280. The van der Waals surface area contributed by atoms with Crippen LogP contribution >= 0.6 is 23.4 Å². The predicted octanol–water partition coefficient (Wildman–Crippen LogP) is 2.24. The Morgan fingerprint density at radius 3 is 3.05 bits per heavy atom. The second-order valence-corrected chi connectivity index (χ2v) is 8.59. The van der Waals surface area contributed by atoms with Crippen LogP contribution < -0.4 is 0 Å². The first kappa shape index (κ1) is 14.7. The maximum Gasteiger partial charge on any atom is 0.243 e. The molecule has 0 spiro atoms. The predicted molar refractivity (Wildman–Crippen MR) is 80.8 cm³/mol. The largest absolute Gasteiger partial charge is 0.380 e. The van der Waals surface area contributed by atoms with Crippen LogP contribution in [0.3, 0.4) is 0 Å². The molecule has 1 aromatic rings. The highest BCUT2D eigenvalue weighted by Gasteiger charge is 2.40. The lowest BCUT2D eigenvalue weighted by molar-refractivity contribution is 0.0625. The van der Waals surface area contributed by atoms with Crippen molar-refractivity contribution in [2.45, 2.75) is 22.6 Å². The maximum atomic E-state index is 12.8. The minimum atomic E-state index is -3.47. The second kappa shape index (κ2) is 5.85. The van der Waals surface area contributed by atoms with E-state index >= 15 is 0 Å². The van der Waals surface area contributed by atoms with Crippen LogP contribution in [-0.2, 0) is 14.8 Å². The van der Waals surface area contributed by atoms with Gasteiger partial charge in [0.25, 0.3) is 0 Å². The van der Waals surface area contributed by atoms with Crippen LogP contribution in [0, 0.1) is 0 Å². The van der Waals surface area contributed by atoms with Crippen molar-refractivity contribution in [2.75, 3.05) is 25.5 Å². The molecule has 1 aromatic carbocycles.